The molecule has 0 bridgehead atoms. The van der Waals surface area contributed by atoms with Crippen LogP contribution in [-0.4, -0.2) is 22.8 Å². The summed E-state index contributed by atoms with van der Waals surface area (Å²) in [5, 5.41) is 2.02. The summed E-state index contributed by atoms with van der Waals surface area (Å²) in [6.07, 6.45) is 3.18. The van der Waals surface area contributed by atoms with Gasteiger partial charge in [-0.05, 0) is 30.7 Å². The van der Waals surface area contributed by atoms with Gasteiger partial charge in [0.2, 0.25) is 0 Å². The van der Waals surface area contributed by atoms with Gasteiger partial charge in [-0.3, -0.25) is 9.20 Å². The Morgan fingerprint density at radius 2 is 1.93 bits per heavy atom. The van der Waals surface area contributed by atoms with Gasteiger partial charge >= 0.3 is 0 Å². The first-order valence-electron chi connectivity index (χ1n) is 8.42. The molecule has 0 aliphatic heterocycles. The Bertz CT molecular complexity index is 1280. The molecule has 1 aromatic carbocycles. The van der Waals surface area contributed by atoms with E-state index in [-0.39, 0.29) is 17.0 Å². The molecule has 0 saturated heterocycles. The molecule has 0 unspecified atom stereocenters. The molecule has 0 spiro atoms. The van der Waals surface area contributed by atoms with Gasteiger partial charge in [0.05, 0.1) is 17.1 Å². The van der Waals surface area contributed by atoms with Crippen LogP contribution in [0, 0.1) is 6.92 Å². The topological polar surface area (TPSA) is 84.6 Å². The van der Waals surface area contributed by atoms with Crippen molar-refractivity contribution in [3.63, 3.8) is 0 Å². The maximum absolute atomic E-state index is 13.2. The predicted molar refractivity (Wildman–Crippen MR) is 108 cm³/mol. The number of aromatic nitrogens is 3. The highest BCUT2D eigenvalue weighted by molar-refractivity contribution is 7.93. The highest BCUT2D eigenvalue weighted by atomic mass is 32.2. The van der Waals surface area contributed by atoms with Crippen LogP contribution in [0.15, 0.2) is 76.0 Å². The number of benzene rings is 1. The van der Waals surface area contributed by atoms with E-state index >= 15 is 0 Å². The van der Waals surface area contributed by atoms with E-state index in [1.54, 1.807) is 42.0 Å². The average molecular weight is 412 g/mol. The molecule has 4 rings (SSSR count). The fourth-order valence-corrected chi connectivity index (χ4v) is 5.13. The Labute approximate surface area is 165 Å². The number of hydrogen-bond acceptors (Lipinski definition) is 6. The van der Waals surface area contributed by atoms with E-state index < -0.39 is 10.0 Å². The molecule has 142 valence electrons. The highest BCUT2D eigenvalue weighted by Crippen LogP contribution is 2.27. The molecule has 0 N–H and O–H groups in total. The monoisotopic (exact) mass is 412 g/mol. The molecule has 0 aliphatic rings. The van der Waals surface area contributed by atoms with Crippen LogP contribution in [0.3, 0.4) is 0 Å². The fourth-order valence-electron chi connectivity index (χ4n) is 2.85. The number of anilines is 1. The Balaban J connectivity index is 1.83. The number of sulfonamides is 1. The maximum Gasteiger partial charge on any atom is 0.266 e. The van der Waals surface area contributed by atoms with E-state index in [1.165, 1.54) is 38.2 Å². The molecule has 0 radical (unpaired) electrons. The summed E-state index contributed by atoms with van der Waals surface area (Å²) in [4.78, 5) is 21.3. The number of hydrogen-bond donors (Lipinski definition) is 0. The van der Waals surface area contributed by atoms with Crippen molar-refractivity contribution < 1.29 is 8.42 Å². The van der Waals surface area contributed by atoms with Gasteiger partial charge in [-0.25, -0.2) is 22.7 Å². The summed E-state index contributed by atoms with van der Waals surface area (Å²) >= 11 is 1.21. The second kappa shape index (κ2) is 7.17. The quantitative estimate of drug-likeness (QED) is 0.503. The molecule has 3 heterocycles. The van der Waals surface area contributed by atoms with E-state index in [2.05, 4.69) is 9.97 Å². The van der Waals surface area contributed by atoms with Crippen molar-refractivity contribution in [1.29, 1.82) is 0 Å². The normalized spacial score (nSPS) is 11.6. The smallest absolute Gasteiger partial charge is 0.266 e. The van der Waals surface area contributed by atoms with Crippen molar-refractivity contribution in [1.82, 2.24) is 14.4 Å². The minimum atomic E-state index is -3.87. The highest BCUT2D eigenvalue weighted by Gasteiger charge is 2.27. The second-order valence-corrected chi connectivity index (χ2v) is 8.85. The molecule has 4 aromatic rings. The third-order valence-corrected chi connectivity index (χ3v) is 6.87. The van der Waals surface area contributed by atoms with Crippen LogP contribution < -0.4 is 9.86 Å². The summed E-state index contributed by atoms with van der Waals surface area (Å²) in [6, 6.07) is 13.1. The van der Waals surface area contributed by atoms with Gasteiger partial charge < -0.3 is 0 Å². The summed E-state index contributed by atoms with van der Waals surface area (Å²) in [5.41, 5.74) is 1.42. The molecular weight excluding hydrogens is 396 g/mol. The third kappa shape index (κ3) is 3.30. The maximum atomic E-state index is 13.2. The number of rotatable bonds is 5. The lowest BCUT2D eigenvalue weighted by atomic mass is 10.3. The van der Waals surface area contributed by atoms with Gasteiger partial charge in [-0.1, -0.05) is 24.3 Å². The van der Waals surface area contributed by atoms with E-state index in [0.29, 0.717) is 16.5 Å². The third-order valence-electron chi connectivity index (χ3n) is 4.21. The summed E-state index contributed by atoms with van der Waals surface area (Å²) in [6.45, 7) is 1.76. The Kier molecular flexibility index (Phi) is 4.70. The van der Waals surface area contributed by atoms with Gasteiger partial charge in [-0.15, -0.1) is 11.3 Å². The first-order chi connectivity index (χ1) is 13.5. The standard InChI is InChI=1S/C19H16N4O3S2/c1-14-6-5-10-22-17(24)12-15(21-18(14)22)13-23(19-20-9-11-27-19)28(25,26)16-7-3-2-4-8-16/h2-12H,13H2,1H3. The summed E-state index contributed by atoms with van der Waals surface area (Å²) in [5.74, 6) is 0. The molecule has 3 aromatic heterocycles. The van der Waals surface area contributed by atoms with E-state index in [4.69, 9.17) is 0 Å². The van der Waals surface area contributed by atoms with Gasteiger partial charge in [0.25, 0.3) is 15.6 Å². The lowest BCUT2D eigenvalue weighted by Crippen LogP contribution is -2.31. The summed E-state index contributed by atoms with van der Waals surface area (Å²) in [7, 11) is -3.87. The van der Waals surface area contributed by atoms with Crippen molar-refractivity contribution in [2.24, 2.45) is 0 Å². The molecule has 0 fully saturated rings. The van der Waals surface area contributed by atoms with Crippen LogP contribution in [0.1, 0.15) is 11.3 Å². The zero-order chi connectivity index (χ0) is 19.7. The molecule has 7 nitrogen and oxygen atoms in total. The molecular formula is C19H16N4O3S2. The van der Waals surface area contributed by atoms with Crippen molar-refractivity contribution >= 4 is 32.1 Å². The summed E-state index contributed by atoms with van der Waals surface area (Å²) < 4.78 is 29.1. The number of thiazole rings is 1. The number of nitrogens with zero attached hydrogens (tertiary/aromatic N) is 4. The molecule has 0 saturated carbocycles. The van der Waals surface area contributed by atoms with Gasteiger partial charge in [0, 0.05) is 23.8 Å². The number of aryl methyl sites for hydroxylation is 1. The Morgan fingerprint density at radius 3 is 2.64 bits per heavy atom. The van der Waals surface area contributed by atoms with Crippen LogP contribution >= 0.6 is 11.3 Å². The molecule has 0 amide bonds. The SMILES string of the molecule is Cc1cccn2c(=O)cc(CN(c3nccs3)S(=O)(=O)c3ccccc3)nc12. The zero-order valence-electron chi connectivity index (χ0n) is 14.9. The van der Waals surface area contributed by atoms with Crippen molar-refractivity contribution in [3.8, 4) is 0 Å². The van der Waals surface area contributed by atoms with Crippen molar-refractivity contribution in [3.05, 3.63) is 87.9 Å². The first kappa shape index (κ1) is 18.3. The number of pyridine rings is 1. The second-order valence-electron chi connectivity index (χ2n) is 6.11. The first-order valence-corrected chi connectivity index (χ1v) is 10.7. The van der Waals surface area contributed by atoms with Gasteiger partial charge in [-0.2, -0.15) is 0 Å². The van der Waals surface area contributed by atoms with E-state index in [1.807, 2.05) is 13.0 Å². The average Bonchev–Trinajstić information content (AvgIpc) is 3.22. The Hall–Kier alpha value is -3.04. The largest absolute Gasteiger partial charge is 0.269 e. The van der Waals surface area contributed by atoms with E-state index in [9.17, 15) is 13.2 Å². The minimum Gasteiger partial charge on any atom is -0.269 e. The van der Waals surface area contributed by atoms with E-state index in [0.717, 1.165) is 5.56 Å². The lowest BCUT2D eigenvalue weighted by Gasteiger charge is -2.21. The molecule has 28 heavy (non-hydrogen) atoms. The Morgan fingerprint density at radius 1 is 1.14 bits per heavy atom. The van der Waals surface area contributed by atoms with Crippen LogP contribution in [0.25, 0.3) is 5.65 Å². The lowest BCUT2D eigenvalue weighted by molar-refractivity contribution is 0.589. The molecule has 0 atom stereocenters. The van der Waals surface area contributed by atoms with Crippen LogP contribution in [0.4, 0.5) is 5.13 Å². The molecule has 9 heteroatoms. The van der Waals surface area contributed by atoms with Crippen LogP contribution in [-0.2, 0) is 16.6 Å². The van der Waals surface area contributed by atoms with Gasteiger partial charge in [0.15, 0.2) is 5.13 Å². The van der Waals surface area contributed by atoms with Crippen molar-refractivity contribution in [2.75, 3.05) is 4.31 Å². The van der Waals surface area contributed by atoms with Crippen LogP contribution in [0.5, 0.6) is 0 Å². The molecule has 0 aliphatic carbocycles. The minimum absolute atomic E-state index is 0.0924. The zero-order valence-corrected chi connectivity index (χ0v) is 16.5. The predicted octanol–water partition coefficient (Wildman–Crippen LogP) is 2.85. The number of fused-ring (bicyclic) bond motifs is 1. The van der Waals surface area contributed by atoms with Crippen LogP contribution in [0.2, 0.25) is 0 Å². The van der Waals surface area contributed by atoms with Gasteiger partial charge in [0.1, 0.15) is 5.65 Å². The van der Waals surface area contributed by atoms with Crippen molar-refractivity contribution in [2.45, 2.75) is 18.4 Å². The fraction of sp³-hybridized carbons (Fsp3) is 0.105.